The molecule has 0 saturated carbocycles. The van der Waals surface area contributed by atoms with Gasteiger partial charge in [0.25, 0.3) is 0 Å². The number of piperidine rings is 1. The molecular formula is C23H30N2O5S. The second-order valence-corrected chi connectivity index (χ2v) is 9.92. The Kier molecular flexibility index (Phi) is 7.23. The Bertz CT molecular complexity index is 1020. The van der Waals surface area contributed by atoms with Crippen LogP contribution in [0.5, 0.6) is 11.5 Å². The molecule has 7 nitrogen and oxygen atoms in total. The normalized spacial score (nSPS) is 17.4. The first kappa shape index (κ1) is 23.1. The molecule has 0 aliphatic carbocycles. The summed E-state index contributed by atoms with van der Waals surface area (Å²) in [6.45, 7) is 4.75. The van der Waals surface area contributed by atoms with Gasteiger partial charge in [-0.25, -0.2) is 8.42 Å². The molecular weight excluding hydrogens is 416 g/mol. The molecule has 31 heavy (non-hydrogen) atoms. The lowest BCUT2D eigenvalue weighted by Gasteiger charge is -2.31. The van der Waals surface area contributed by atoms with Gasteiger partial charge in [-0.3, -0.25) is 4.79 Å². The van der Waals surface area contributed by atoms with E-state index in [4.69, 9.17) is 9.47 Å². The van der Waals surface area contributed by atoms with Crippen molar-refractivity contribution in [2.75, 3.05) is 32.6 Å². The zero-order valence-corrected chi connectivity index (χ0v) is 19.2. The second kappa shape index (κ2) is 9.70. The summed E-state index contributed by atoms with van der Waals surface area (Å²) < 4.78 is 38.2. The predicted octanol–water partition coefficient (Wildman–Crippen LogP) is 3.87. The first-order chi connectivity index (χ1) is 14.8. The van der Waals surface area contributed by atoms with E-state index in [2.05, 4.69) is 19.2 Å². The van der Waals surface area contributed by atoms with Crippen molar-refractivity contribution in [3.63, 3.8) is 0 Å². The van der Waals surface area contributed by atoms with Gasteiger partial charge in [0.15, 0.2) is 11.5 Å². The number of carbonyl (C=O) groups excluding carboxylic acids is 1. The van der Waals surface area contributed by atoms with Crippen LogP contribution in [0.2, 0.25) is 0 Å². The van der Waals surface area contributed by atoms with Crippen molar-refractivity contribution in [3.8, 4) is 11.5 Å². The average Bonchev–Trinajstić information content (AvgIpc) is 2.78. The highest BCUT2D eigenvalue weighted by molar-refractivity contribution is 7.89. The van der Waals surface area contributed by atoms with E-state index >= 15 is 0 Å². The van der Waals surface area contributed by atoms with Crippen LogP contribution in [0.25, 0.3) is 0 Å². The molecule has 3 rings (SSSR count). The van der Waals surface area contributed by atoms with Gasteiger partial charge in [-0.1, -0.05) is 26.0 Å². The minimum atomic E-state index is -3.76. The molecule has 1 N–H and O–H groups in total. The van der Waals surface area contributed by atoms with E-state index in [1.54, 1.807) is 6.07 Å². The van der Waals surface area contributed by atoms with E-state index in [0.29, 0.717) is 42.5 Å². The summed E-state index contributed by atoms with van der Waals surface area (Å²) in [5.41, 5.74) is 1.91. The van der Waals surface area contributed by atoms with Gasteiger partial charge in [0, 0.05) is 24.8 Å². The number of nitrogens with zero attached hydrogens (tertiary/aromatic N) is 1. The number of carbonyl (C=O) groups is 1. The molecule has 1 amide bonds. The van der Waals surface area contributed by atoms with Gasteiger partial charge in [0.05, 0.1) is 25.0 Å². The van der Waals surface area contributed by atoms with Crippen LogP contribution in [0.3, 0.4) is 0 Å². The smallest absolute Gasteiger partial charge is 0.243 e. The fourth-order valence-corrected chi connectivity index (χ4v) is 5.24. The zero-order chi connectivity index (χ0) is 22.6. The monoisotopic (exact) mass is 446 g/mol. The maximum Gasteiger partial charge on any atom is 0.243 e. The number of anilines is 1. The summed E-state index contributed by atoms with van der Waals surface area (Å²) >= 11 is 0. The standard InChI is InChI=1S/C23H30N2O5S/c1-16(2)17-7-9-19(10-8-17)24-23(26)18-6-5-13-25(15-18)31(27,28)20-11-12-21(29-3)22(14-20)30-4/h7-12,14,16,18H,5-6,13,15H2,1-4H3,(H,24,26)/t18-/m1/s1. The minimum Gasteiger partial charge on any atom is -0.493 e. The van der Waals surface area contributed by atoms with Crippen molar-refractivity contribution in [1.82, 2.24) is 4.31 Å². The summed E-state index contributed by atoms with van der Waals surface area (Å²) in [5, 5.41) is 2.93. The third kappa shape index (κ3) is 5.19. The lowest BCUT2D eigenvalue weighted by molar-refractivity contribution is -0.120. The van der Waals surface area contributed by atoms with E-state index < -0.39 is 15.9 Å². The minimum absolute atomic E-state index is 0.121. The van der Waals surface area contributed by atoms with Crippen LogP contribution in [-0.2, 0) is 14.8 Å². The molecule has 0 spiro atoms. The fourth-order valence-electron chi connectivity index (χ4n) is 3.70. The number of nitrogens with one attached hydrogen (secondary N) is 1. The number of methoxy groups -OCH3 is 2. The maximum absolute atomic E-state index is 13.2. The van der Waals surface area contributed by atoms with Crippen molar-refractivity contribution in [2.45, 2.75) is 37.5 Å². The Hall–Kier alpha value is -2.58. The van der Waals surface area contributed by atoms with Crippen LogP contribution in [0, 0.1) is 5.92 Å². The van der Waals surface area contributed by atoms with Crippen LogP contribution in [-0.4, -0.2) is 45.9 Å². The highest BCUT2D eigenvalue weighted by Gasteiger charge is 2.33. The highest BCUT2D eigenvalue weighted by Crippen LogP contribution is 2.32. The zero-order valence-electron chi connectivity index (χ0n) is 18.4. The molecule has 8 heteroatoms. The van der Waals surface area contributed by atoms with Crippen LogP contribution >= 0.6 is 0 Å². The van der Waals surface area contributed by atoms with Gasteiger partial charge in [-0.05, 0) is 48.6 Å². The van der Waals surface area contributed by atoms with E-state index in [1.807, 2.05) is 24.3 Å². The average molecular weight is 447 g/mol. The van der Waals surface area contributed by atoms with Gasteiger partial charge in [-0.2, -0.15) is 4.31 Å². The number of sulfonamides is 1. The van der Waals surface area contributed by atoms with E-state index in [0.717, 1.165) is 0 Å². The van der Waals surface area contributed by atoms with Gasteiger partial charge in [0.1, 0.15) is 0 Å². The van der Waals surface area contributed by atoms with Crippen LogP contribution in [0.15, 0.2) is 47.4 Å². The lowest BCUT2D eigenvalue weighted by atomic mass is 9.98. The largest absolute Gasteiger partial charge is 0.493 e. The molecule has 168 valence electrons. The van der Waals surface area contributed by atoms with Crippen LogP contribution in [0.1, 0.15) is 38.2 Å². The number of hydrogen-bond donors (Lipinski definition) is 1. The first-order valence-electron chi connectivity index (χ1n) is 10.4. The molecule has 2 aromatic rings. The van der Waals surface area contributed by atoms with E-state index in [1.165, 1.54) is 36.2 Å². The summed E-state index contributed by atoms with van der Waals surface area (Å²) in [6.07, 6.45) is 1.27. The third-order valence-electron chi connectivity index (χ3n) is 5.59. The molecule has 0 radical (unpaired) electrons. The molecule has 1 fully saturated rings. The molecule has 1 heterocycles. The highest BCUT2D eigenvalue weighted by atomic mass is 32.2. The quantitative estimate of drug-likeness (QED) is 0.698. The van der Waals surface area contributed by atoms with Crippen molar-refractivity contribution >= 4 is 21.6 Å². The van der Waals surface area contributed by atoms with Crippen molar-refractivity contribution in [1.29, 1.82) is 0 Å². The Morgan fingerprint density at radius 2 is 1.74 bits per heavy atom. The Morgan fingerprint density at radius 3 is 2.35 bits per heavy atom. The molecule has 1 aliphatic rings. The topological polar surface area (TPSA) is 84.9 Å². The maximum atomic E-state index is 13.2. The van der Waals surface area contributed by atoms with Crippen molar-refractivity contribution < 1.29 is 22.7 Å². The molecule has 1 saturated heterocycles. The second-order valence-electron chi connectivity index (χ2n) is 7.98. The van der Waals surface area contributed by atoms with Crippen molar-refractivity contribution in [3.05, 3.63) is 48.0 Å². The number of benzene rings is 2. The SMILES string of the molecule is COc1ccc(S(=O)(=O)N2CCC[C@@H](C(=O)Nc3ccc(C(C)C)cc3)C2)cc1OC. The number of hydrogen-bond acceptors (Lipinski definition) is 5. The molecule has 2 aromatic carbocycles. The lowest BCUT2D eigenvalue weighted by Crippen LogP contribution is -2.43. The van der Waals surface area contributed by atoms with E-state index in [-0.39, 0.29) is 17.3 Å². The molecule has 0 aromatic heterocycles. The molecule has 0 unspecified atom stereocenters. The Balaban J connectivity index is 1.72. The van der Waals surface area contributed by atoms with Crippen LogP contribution in [0.4, 0.5) is 5.69 Å². The van der Waals surface area contributed by atoms with Gasteiger partial charge < -0.3 is 14.8 Å². The fraction of sp³-hybridized carbons (Fsp3) is 0.435. The van der Waals surface area contributed by atoms with Crippen molar-refractivity contribution in [2.24, 2.45) is 5.92 Å². The van der Waals surface area contributed by atoms with Gasteiger partial charge >= 0.3 is 0 Å². The molecule has 1 aliphatic heterocycles. The van der Waals surface area contributed by atoms with Crippen LogP contribution < -0.4 is 14.8 Å². The third-order valence-corrected chi connectivity index (χ3v) is 7.45. The first-order valence-corrected chi connectivity index (χ1v) is 11.8. The number of rotatable bonds is 7. The van der Waals surface area contributed by atoms with Gasteiger partial charge in [-0.15, -0.1) is 0 Å². The van der Waals surface area contributed by atoms with Gasteiger partial charge in [0.2, 0.25) is 15.9 Å². The summed E-state index contributed by atoms with van der Waals surface area (Å²) in [7, 11) is -0.798. The summed E-state index contributed by atoms with van der Waals surface area (Å²) in [5.74, 6) is 0.650. The summed E-state index contributed by atoms with van der Waals surface area (Å²) in [6, 6.07) is 12.3. The molecule has 0 bridgehead atoms. The number of ether oxygens (including phenoxy) is 2. The van der Waals surface area contributed by atoms with E-state index in [9.17, 15) is 13.2 Å². The number of amides is 1. The molecule has 1 atom stereocenters. The predicted molar refractivity (Wildman–Crippen MR) is 120 cm³/mol. The Labute approximate surface area is 184 Å². The summed E-state index contributed by atoms with van der Waals surface area (Å²) in [4.78, 5) is 12.9. The Morgan fingerprint density at radius 1 is 1.06 bits per heavy atom.